The van der Waals surface area contributed by atoms with E-state index in [1.54, 1.807) is 0 Å². The fraction of sp³-hybridized carbons (Fsp3) is 0.900. The average molecular weight is 447 g/mol. The normalized spacial score (nSPS) is 16.9. The number of hydrogen-bond donors (Lipinski definition) is 3. The Hall–Kier alpha value is -0.150. The SMILES string of the molecule is CCCCC(CC)CC(C(=O)O)C(CC(CC)CCCC)(C(=O)O)S(=O)(=O)O.[H-].[Na+]. The quantitative estimate of drug-likeness (QED) is 0.243. The summed E-state index contributed by atoms with van der Waals surface area (Å²) in [5.41, 5.74) is 0. The van der Waals surface area contributed by atoms with E-state index in [-0.39, 0.29) is 49.2 Å². The summed E-state index contributed by atoms with van der Waals surface area (Å²) in [6.45, 7) is 7.67. The third kappa shape index (κ3) is 8.85. The van der Waals surface area contributed by atoms with E-state index in [4.69, 9.17) is 0 Å². The first-order valence-corrected chi connectivity index (χ1v) is 11.9. The van der Waals surface area contributed by atoms with Crippen molar-refractivity contribution in [1.29, 1.82) is 0 Å². The van der Waals surface area contributed by atoms with Crippen LogP contribution in [-0.2, 0) is 19.7 Å². The summed E-state index contributed by atoms with van der Waals surface area (Å²) in [5.74, 6) is -5.37. The van der Waals surface area contributed by atoms with Crippen molar-refractivity contribution in [1.82, 2.24) is 0 Å². The van der Waals surface area contributed by atoms with Crippen LogP contribution in [0.5, 0.6) is 0 Å². The molecule has 0 radical (unpaired) electrons. The van der Waals surface area contributed by atoms with Crippen molar-refractivity contribution in [3.05, 3.63) is 0 Å². The van der Waals surface area contributed by atoms with Gasteiger partial charge in [-0.05, 0) is 24.7 Å². The van der Waals surface area contributed by atoms with E-state index < -0.39 is 39.1 Å². The summed E-state index contributed by atoms with van der Waals surface area (Å²) >= 11 is 0. The topological polar surface area (TPSA) is 129 Å². The van der Waals surface area contributed by atoms with Crippen molar-refractivity contribution in [2.45, 2.75) is 96.7 Å². The summed E-state index contributed by atoms with van der Waals surface area (Å²) in [7, 11) is -5.15. The van der Waals surface area contributed by atoms with Gasteiger partial charge in [-0.2, -0.15) is 8.42 Å². The Kier molecular flexibility index (Phi) is 15.8. The Morgan fingerprint density at radius 2 is 1.38 bits per heavy atom. The van der Waals surface area contributed by atoms with Crippen LogP contribution < -0.4 is 29.6 Å². The zero-order valence-corrected chi connectivity index (χ0v) is 21.5. The van der Waals surface area contributed by atoms with E-state index in [0.717, 1.165) is 25.7 Å². The molecule has 4 atom stereocenters. The number of carbonyl (C=O) groups is 2. The van der Waals surface area contributed by atoms with Crippen molar-refractivity contribution in [2.75, 3.05) is 0 Å². The van der Waals surface area contributed by atoms with Crippen LogP contribution in [0, 0.1) is 17.8 Å². The number of carboxylic acids is 2. The minimum absolute atomic E-state index is 0. The predicted molar refractivity (Wildman–Crippen MR) is 110 cm³/mol. The van der Waals surface area contributed by atoms with Gasteiger partial charge in [-0.3, -0.25) is 14.1 Å². The Bertz CT molecular complexity index is 600. The zero-order chi connectivity index (χ0) is 22.0. The molecular weight excluding hydrogens is 407 g/mol. The molecule has 0 aromatic rings. The summed E-state index contributed by atoms with van der Waals surface area (Å²) in [6, 6.07) is 0. The summed E-state index contributed by atoms with van der Waals surface area (Å²) in [6.07, 6.45) is 5.37. The van der Waals surface area contributed by atoms with Gasteiger partial charge in [-0.15, -0.1) is 0 Å². The second kappa shape index (κ2) is 14.8. The van der Waals surface area contributed by atoms with Gasteiger partial charge in [0.15, 0.2) is 0 Å². The molecule has 3 N–H and O–H groups in total. The predicted octanol–water partition coefficient (Wildman–Crippen LogP) is 1.73. The molecule has 4 unspecified atom stereocenters. The van der Waals surface area contributed by atoms with Gasteiger partial charge in [0.05, 0.1) is 5.92 Å². The largest absolute Gasteiger partial charge is 1.00 e. The summed E-state index contributed by atoms with van der Waals surface area (Å²) < 4.78 is 32.0. The minimum atomic E-state index is -5.15. The van der Waals surface area contributed by atoms with Gasteiger partial charge >= 0.3 is 41.5 Å². The number of aliphatic carboxylic acids is 2. The molecule has 0 aromatic heterocycles. The van der Waals surface area contributed by atoms with Gasteiger partial charge in [0, 0.05) is 0 Å². The van der Waals surface area contributed by atoms with Crippen LogP contribution in [0.4, 0.5) is 0 Å². The van der Waals surface area contributed by atoms with Crippen molar-refractivity contribution < 1.29 is 63.8 Å². The fourth-order valence-corrected chi connectivity index (χ4v) is 5.18. The molecule has 168 valence electrons. The first kappa shape index (κ1) is 31.0. The van der Waals surface area contributed by atoms with Crippen LogP contribution in [0.25, 0.3) is 0 Å². The van der Waals surface area contributed by atoms with Crippen molar-refractivity contribution in [2.24, 2.45) is 17.8 Å². The molecule has 0 rings (SSSR count). The Balaban J connectivity index is -0.00000364. The molecule has 29 heavy (non-hydrogen) atoms. The van der Waals surface area contributed by atoms with Crippen LogP contribution in [0.1, 0.15) is 93.3 Å². The van der Waals surface area contributed by atoms with E-state index in [1.807, 2.05) is 27.7 Å². The van der Waals surface area contributed by atoms with Crippen molar-refractivity contribution in [3.8, 4) is 0 Å². The molecule has 7 nitrogen and oxygen atoms in total. The minimum Gasteiger partial charge on any atom is -1.00 e. The molecule has 0 heterocycles. The van der Waals surface area contributed by atoms with Crippen molar-refractivity contribution >= 4 is 22.1 Å². The second-order valence-electron chi connectivity index (χ2n) is 7.83. The smallest absolute Gasteiger partial charge is 1.00 e. The van der Waals surface area contributed by atoms with Crippen LogP contribution in [0.15, 0.2) is 0 Å². The Morgan fingerprint density at radius 3 is 1.69 bits per heavy atom. The van der Waals surface area contributed by atoms with Crippen molar-refractivity contribution in [3.63, 3.8) is 0 Å². The van der Waals surface area contributed by atoms with Gasteiger partial charge in [-0.1, -0.05) is 79.1 Å². The van der Waals surface area contributed by atoms with Crippen LogP contribution in [0.3, 0.4) is 0 Å². The number of carboxylic acid groups (broad SMARTS) is 2. The molecule has 0 amide bonds. The van der Waals surface area contributed by atoms with Crippen LogP contribution >= 0.6 is 0 Å². The average Bonchev–Trinajstić information content (AvgIpc) is 2.61. The molecule has 9 heteroatoms. The first-order valence-electron chi connectivity index (χ1n) is 10.4. The van der Waals surface area contributed by atoms with E-state index in [0.29, 0.717) is 25.7 Å². The summed E-state index contributed by atoms with van der Waals surface area (Å²) in [4.78, 5) is 24.3. The molecule has 0 aromatic carbocycles. The van der Waals surface area contributed by atoms with Crippen LogP contribution in [-0.4, -0.2) is 39.9 Å². The van der Waals surface area contributed by atoms with Gasteiger partial charge in [-0.25, -0.2) is 0 Å². The molecular formula is C20H39NaO7S. The first-order chi connectivity index (χ1) is 13.0. The van der Waals surface area contributed by atoms with E-state index in [9.17, 15) is 32.8 Å². The molecule has 0 spiro atoms. The van der Waals surface area contributed by atoms with Gasteiger partial charge in [0.2, 0.25) is 4.75 Å². The molecule has 0 aliphatic heterocycles. The maximum absolute atomic E-state index is 12.4. The third-order valence-electron chi connectivity index (χ3n) is 5.93. The number of hydrogen-bond acceptors (Lipinski definition) is 4. The molecule has 0 aliphatic carbocycles. The van der Waals surface area contributed by atoms with Gasteiger partial charge in [0.25, 0.3) is 10.1 Å². The molecule has 0 saturated heterocycles. The van der Waals surface area contributed by atoms with E-state index in [1.165, 1.54) is 0 Å². The van der Waals surface area contributed by atoms with Gasteiger partial charge < -0.3 is 11.6 Å². The maximum Gasteiger partial charge on any atom is 1.00 e. The fourth-order valence-electron chi connectivity index (χ4n) is 3.95. The summed E-state index contributed by atoms with van der Waals surface area (Å²) in [5, 5.41) is 19.7. The molecule has 0 bridgehead atoms. The van der Waals surface area contributed by atoms with Crippen LogP contribution in [0.2, 0.25) is 0 Å². The van der Waals surface area contributed by atoms with Gasteiger partial charge in [0.1, 0.15) is 0 Å². The standard InChI is InChI=1S/C20H38O7S.Na.H/c1-5-9-11-15(7-3)13-17(18(21)22)20(19(23)24,28(25,26)27)14-16(8-4)12-10-6-2;;/h15-17H,5-14H2,1-4H3,(H,21,22)(H,23,24)(H,25,26,27);;/q;+1;-1. The maximum atomic E-state index is 12.4. The number of rotatable bonds is 16. The molecule has 0 fully saturated rings. The Morgan fingerprint density at radius 1 is 0.931 bits per heavy atom. The molecule has 0 aliphatic rings. The molecule has 0 saturated carbocycles. The van der Waals surface area contributed by atoms with E-state index >= 15 is 0 Å². The Labute approximate surface area is 199 Å². The van der Waals surface area contributed by atoms with E-state index in [2.05, 4.69) is 0 Å². The number of unbranched alkanes of at least 4 members (excludes halogenated alkanes) is 2. The zero-order valence-electron chi connectivity index (χ0n) is 19.7. The monoisotopic (exact) mass is 446 g/mol. The third-order valence-corrected chi connectivity index (χ3v) is 7.48. The second-order valence-corrected chi connectivity index (χ2v) is 9.51.